The molecule has 20 heavy (non-hydrogen) atoms. The molecular weight excluding hydrogens is 258 g/mol. The number of amides is 1. The molecule has 0 saturated carbocycles. The number of hydrogen-bond acceptors (Lipinski definition) is 4. The molecular formula is C15H21NO4. The molecule has 0 fully saturated rings. The fraction of sp³-hybridized carbons (Fsp3) is 0.467. The Bertz CT molecular complexity index is 425. The van der Waals surface area contributed by atoms with Crippen LogP contribution in [-0.2, 0) is 20.9 Å². The number of alkyl carbamates (subject to hydrolysis) is 1. The lowest BCUT2D eigenvalue weighted by Gasteiger charge is -2.21. The molecule has 0 bridgehead atoms. The molecule has 0 spiro atoms. The third kappa shape index (κ3) is 6.89. The monoisotopic (exact) mass is 279 g/mol. The highest BCUT2D eigenvalue weighted by molar-refractivity contribution is 5.73. The Kier molecular flexibility index (Phi) is 6.18. The van der Waals surface area contributed by atoms with Gasteiger partial charge in [-0.05, 0) is 26.3 Å². The molecule has 0 aromatic heterocycles. The van der Waals surface area contributed by atoms with E-state index in [1.807, 2.05) is 30.3 Å². The van der Waals surface area contributed by atoms with Crippen LogP contribution in [-0.4, -0.2) is 30.6 Å². The van der Waals surface area contributed by atoms with Crippen LogP contribution in [0.4, 0.5) is 4.79 Å². The van der Waals surface area contributed by atoms with E-state index in [4.69, 9.17) is 9.47 Å². The summed E-state index contributed by atoms with van der Waals surface area (Å²) in [6.07, 6.45) is 0.00691. The van der Waals surface area contributed by atoms with Crippen LogP contribution < -0.4 is 5.32 Å². The van der Waals surface area contributed by atoms with E-state index in [1.165, 1.54) is 0 Å². The van der Waals surface area contributed by atoms with E-state index in [2.05, 4.69) is 5.32 Å². The first-order valence-electron chi connectivity index (χ1n) is 6.47. The highest BCUT2D eigenvalue weighted by Crippen LogP contribution is 2.07. The molecule has 5 heteroatoms. The topological polar surface area (TPSA) is 64.6 Å². The van der Waals surface area contributed by atoms with E-state index in [0.717, 1.165) is 5.56 Å². The summed E-state index contributed by atoms with van der Waals surface area (Å²) in [6, 6.07) is 8.88. The SMILES string of the molecule is CC(C)(C)OC(=O)NC(C=O)COCc1ccccc1. The fourth-order valence-electron chi connectivity index (χ4n) is 1.45. The molecule has 1 aromatic carbocycles. The maximum Gasteiger partial charge on any atom is 0.408 e. The van der Waals surface area contributed by atoms with Crippen LogP contribution in [0.2, 0.25) is 0 Å². The number of ether oxygens (including phenoxy) is 2. The van der Waals surface area contributed by atoms with Gasteiger partial charge < -0.3 is 19.6 Å². The smallest absolute Gasteiger partial charge is 0.408 e. The quantitative estimate of drug-likeness (QED) is 0.811. The lowest BCUT2D eigenvalue weighted by atomic mass is 10.2. The molecule has 1 atom stereocenters. The van der Waals surface area contributed by atoms with Crippen molar-refractivity contribution in [2.24, 2.45) is 0 Å². The summed E-state index contributed by atoms with van der Waals surface area (Å²) in [5.74, 6) is 0. The number of nitrogens with one attached hydrogen (secondary N) is 1. The van der Waals surface area contributed by atoms with Crippen LogP contribution in [0.3, 0.4) is 0 Å². The number of rotatable bonds is 6. The Morgan fingerprint density at radius 2 is 1.95 bits per heavy atom. The van der Waals surface area contributed by atoms with E-state index in [1.54, 1.807) is 20.8 Å². The van der Waals surface area contributed by atoms with E-state index >= 15 is 0 Å². The number of aldehydes is 1. The number of benzene rings is 1. The van der Waals surface area contributed by atoms with Gasteiger partial charge in [0.1, 0.15) is 17.9 Å². The predicted octanol–water partition coefficient (Wildman–Crippen LogP) is 2.30. The van der Waals surface area contributed by atoms with Gasteiger partial charge in [-0.3, -0.25) is 0 Å². The molecule has 0 aliphatic carbocycles. The van der Waals surface area contributed by atoms with Crippen molar-refractivity contribution in [3.63, 3.8) is 0 Å². The van der Waals surface area contributed by atoms with Crippen molar-refractivity contribution in [2.75, 3.05) is 6.61 Å². The molecule has 5 nitrogen and oxygen atoms in total. The van der Waals surface area contributed by atoms with Crippen molar-refractivity contribution in [2.45, 2.75) is 39.0 Å². The molecule has 1 rings (SSSR count). The molecule has 0 saturated heterocycles. The second kappa shape index (κ2) is 7.65. The summed E-state index contributed by atoms with van der Waals surface area (Å²) < 4.78 is 10.5. The molecule has 1 amide bonds. The Morgan fingerprint density at radius 3 is 2.50 bits per heavy atom. The van der Waals surface area contributed by atoms with Crippen LogP contribution in [0.5, 0.6) is 0 Å². The average molecular weight is 279 g/mol. The first-order chi connectivity index (χ1) is 9.40. The highest BCUT2D eigenvalue weighted by Gasteiger charge is 2.19. The normalized spacial score (nSPS) is 12.6. The van der Waals surface area contributed by atoms with Gasteiger partial charge in [0.25, 0.3) is 0 Å². The summed E-state index contributed by atoms with van der Waals surface area (Å²) in [7, 11) is 0. The molecule has 0 heterocycles. The molecule has 1 N–H and O–H groups in total. The minimum atomic E-state index is -0.714. The van der Waals surface area contributed by atoms with Gasteiger partial charge in [-0.15, -0.1) is 0 Å². The predicted molar refractivity (Wildman–Crippen MR) is 75.3 cm³/mol. The Balaban J connectivity index is 2.33. The summed E-state index contributed by atoms with van der Waals surface area (Å²) in [5, 5.41) is 2.46. The standard InChI is InChI=1S/C15H21NO4/c1-15(2,3)20-14(18)16-13(9-17)11-19-10-12-7-5-4-6-8-12/h4-9,13H,10-11H2,1-3H3,(H,16,18). The average Bonchev–Trinajstić information content (AvgIpc) is 2.36. The van der Waals surface area contributed by atoms with E-state index in [-0.39, 0.29) is 6.61 Å². The summed E-state index contributed by atoms with van der Waals surface area (Å²) in [4.78, 5) is 22.4. The van der Waals surface area contributed by atoms with Crippen molar-refractivity contribution < 1.29 is 19.1 Å². The van der Waals surface area contributed by atoms with Gasteiger partial charge in [0.05, 0.1) is 13.2 Å². The highest BCUT2D eigenvalue weighted by atomic mass is 16.6. The first kappa shape index (κ1) is 16.2. The Morgan fingerprint density at radius 1 is 1.30 bits per heavy atom. The lowest BCUT2D eigenvalue weighted by molar-refractivity contribution is -0.111. The van der Waals surface area contributed by atoms with Crippen molar-refractivity contribution in [1.29, 1.82) is 0 Å². The second-order valence-corrected chi connectivity index (χ2v) is 5.39. The summed E-state index contributed by atoms with van der Waals surface area (Å²) in [5.41, 5.74) is 0.414. The molecule has 1 aromatic rings. The van der Waals surface area contributed by atoms with Gasteiger partial charge in [-0.1, -0.05) is 30.3 Å². The van der Waals surface area contributed by atoms with Crippen LogP contribution in [0.25, 0.3) is 0 Å². The van der Waals surface area contributed by atoms with Crippen LogP contribution in [0, 0.1) is 0 Å². The van der Waals surface area contributed by atoms with Crippen molar-refractivity contribution >= 4 is 12.4 Å². The van der Waals surface area contributed by atoms with Gasteiger partial charge in [-0.2, -0.15) is 0 Å². The van der Waals surface area contributed by atoms with Gasteiger partial charge in [0, 0.05) is 0 Å². The van der Waals surface area contributed by atoms with Gasteiger partial charge >= 0.3 is 6.09 Å². The third-order valence-electron chi connectivity index (χ3n) is 2.28. The maximum atomic E-state index is 11.5. The van der Waals surface area contributed by atoms with Gasteiger partial charge in [0.2, 0.25) is 0 Å². The summed E-state index contributed by atoms with van der Waals surface area (Å²) >= 11 is 0. The third-order valence-corrected chi connectivity index (χ3v) is 2.28. The molecule has 110 valence electrons. The lowest BCUT2D eigenvalue weighted by Crippen LogP contribution is -2.42. The zero-order valence-corrected chi connectivity index (χ0v) is 12.1. The van der Waals surface area contributed by atoms with E-state index in [9.17, 15) is 9.59 Å². The first-order valence-corrected chi connectivity index (χ1v) is 6.47. The van der Waals surface area contributed by atoms with E-state index in [0.29, 0.717) is 12.9 Å². The molecule has 1 unspecified atom stereocenters. The fourth-order valence-corrected chi connectivity index (χ4v) is 1.45. The number of carbonyl (C=O) groups is 2. The Labute approximate surface area is 119 Å². The van der Waals surface area contributed by atoms with Gasteiger partial charge in [0.15, 0.2) is 0 Å². The number of carbonyl (C=O) groups excluding carboxylic acids is 2. The van der Waals surface area contributed by atoms with E-state index < -0.39 is 17.7 Å². The molecule has 0 radical (unpaired) electrons. The Hall–Kier alpha value is -1.88. The minimum Gasteiger partial charge on any atom is -0.444 e. The largest absolute Gasteiger partial charge is 0.444 e. The zero-order chi connectivity index (χ0) is 15.0. The minimum absolute atomic E-state index is 0.109. The second-order valence-electron chi connectivity index (χ2n) is 5.39. The van der Waals surface area contributed by atoms with Crippen molar-refractivity contribution in [3.8, 4) is 0 Å². The maximum absolute atomic E-state index is 11.5. The van der Waals surface area contributed by atoms with Crippen LogP contribution in [0.1, 0.15) is 26.3 Å². The van der Waals surface area contributed by atoms with Crippen LogP contribution >= 0.6 is 0 Å². The van der Waals surface area contributed by atoms with Crippen molar-refractivity contribution in [1.82, 2.24) is 5.32 Å². The summed E-state index contributed by atoms with van der Waals surface area (Å²) in [6.45, 7) is 5.77. The number of hydrogen-bond donors (Lipinski definition) is 1. The van der Waals surface area contributed by atoms with Gasteiger partial charge in [-0.25, -0.2) is 4.79 Å². The zero-order valence-electron chi connectivity index (χ0n) is 12.1. The molecule has 0 aliphatic heterocycles. The molecule has 0 aliphatic rings. The van der Waals surface area contributed by atoms with Crippen molar-refractivity contribution in [3.05, 3.63) is 35.9 Å². The van der Waals surface area contributed by atoms with Crippen LogP contribution in [0.15, 0.2) is 30.3 Å².